The lowest BCUT2D eigenvalue weighted by atomic mass is 10.1. The third-order valence-electron chi connectivity index (χ3n) is 2.65. The predicted octanol–water partition coefficient (Wildman–Crippen LogP) is 2.67. The summed E-state index contributed by atoms with van der Waals surface area (Å²) in [7, 11) is 3.45. The van der Waals surface area contributed by atoms with E-state index in [1.165, 1.54) is 0 Å². The van der Waals surface area contributed by atoms with Crippen LogP contribution in [0.1, 0.15) is 5.56 Å². The number of anilines is 1. The molecule has 0 aliphatic heterocycles. The molecule has 4 heteroatoms. The van der Waals surface area contributed by atoms with Gasteiger partial charge in [-0.2, -0.15) is 5.26 Å². The number of hydrogen-bond donors (Lipinski definition) is 1. The predicted molar refractivity (Wildman–Crippen MR) is 70.5 cm³/mol. The number of ether oxygens (including phenoxy) is 1. The van der Waals surface area contributed by atoms with Crippen LogP contribution in [0.4, 0.5) is 5.69 Å². The van der Waals surface area contributed by atoms with Crippen LogP contribution in [0.25, 0.3) is 11.3 Å². The van der Waals surface area contributed by atoms with E-state index in [9.17, 15) is 0 Å². The Morgan fingerprint density at radius 2 is 2.11 bits per heavy atom. The molecule has 0 spiro atoms. The topological polar surface area (TPSA) is 57.9 Å². The maximum absolute atomic E-state index is 8.95. The first-order valence-corrected chi connectivity index (χ1v) is 5.51. The molecule has 18 heavy (non-hydrogen) atoms. The summed E-state index contributed by atoms with van der Waals surface area (Å²) in [6.45, 7) is 0. The Kier molecular flexibility index (Phi) is 3.44. The molecule has 0 fully saturated rings. The van der Waals surface area contributed by atoms with Crippen molar-refractivity contribution >= 4 is 5.69 Å². The monoisotopic (exact) mass is 239 g/mol. The standard InChI is InChI=1S/C14H13N3O/c1-16-11-5-6-17-13(8-11)12-7-10(9-15)3-4-14(12)18-2/h3-8H,1-2H3,(H,16,17). The van der Waals surface area contributed by atoms with Gasteiger partial charge in [0.2, 0.25) is 0 Å². The lowest BCUT2D eigenvalue weighted by Crippen LogP contribution is -1.93. The van der Waals surface area contributed by atoms with E-state index in [4.69, 9.17) is 10.00 Å². The second-order valence-corrected chi connectivity index (χ2v) is 3.71. The minimum atomic E-state index is 0.586. The van der Waals surface area contributed by atoms with Crippen LogP contribution < -0.4 is 10.1 Å². The molecule has 2 rings (SSSR count). The molecular formula is C14H13N3O. The highest BCUT2D eigenvalue weighted by Crippen LogP contribution is 2.30. The molecule has 0 atom stereocenters. The fraction of sp³-hybridized carbons (Fsp3) is 0.143. The quantitative estimate of drug-likeness (QED) is 0.894. The fourth-order valence-electron chi connectivity index (χ4n) is 1.71. The molecule has 1 aromatic heterocycles. The molecule has 0 radical (unpaired) electrons. The van der Waals surface area contributed by atoms with Crippen molar-refractivity contribution in [2.24, 2.45) is 0 Å². The first-order valence-electron chi connectivity index (χ1n) is 5.51. The summed E-state index contributed by atoms with van der Waals surface area (Å²) in [4.78, 5) is 4.31. The Balaban J connectivity index is 2.57. The molecule has 1 heterocycles. The van der Waals surface area contributed by atoms with Crippen molar-refractivity contribution in [3.63, 3.8) is 0 Å². The van der Waals surface area contributed by atoms with Gasteiger partial charge in [0.05, 0.1) is 24.4 Å². The van der Waals surface area contributed by atoms with Gasteiger partial charge < -0.3 is 10.1 Å². The number of benzene rings is 1. The molecule has 1 N–H and O–H groups in total. The van der Waals surface area contributed by atoms with Crippen LogP contribution in [0, 0.1) is 11.3 Å². The highest BCUT2D eigenvalue weighted by Gasteiger charge is 2.08. The maximum atomic E-state index is 8.95. The van der Waals surface area contributed by atoms with Crippen molar-refractivity contribution in [1.82, 2.24) is 4.98 Å². The molecule has 0 unspecified atom stereocenters. The summed E-state index contributed by atoms with van der Waals surface area (Å²) in [6.07, 6.45) is 1.72. The Bertz CT molecular complexity index is 602. The number of nitriles is 1. The molecule has 4 nitrogen and oxygen atoms in total. The van der Waals surface area contributed by atoms with Gasteiger partial charge >= 0.3 is 0 Å². The molecule has 0 aliphatic carbocycles. The largest absolute Gasteiger partial charge is 0.496 e. The number of aromatic nitrogens is 1. The molecule has 0 bridgehead atoms. The number of methoxy groups -OCH3 is 1. The minimum Gasteiger partial charge on any atom is -0.496 e. The van der Waals surface area contributed by atoms with E-state index in [0.717, 1.165) is 16.9 Å². The first kappa shape index (κ1) is 11.9. The zero-order chi connectivity index (χ0) is 13.0. The van der Waals surface area contributed by atoms with Crippen LogP contribution >= 0.6 is 0 Å². The second-order valence-electron chi connectivity index (χ2n) is 3.71. The van der Waals surface area contributed by atoms with Crippen molar-refractivity contribution in [1.29, 1.82) is 5.26 Å². The molecule has 90 valence electrons. The van der Waals surface area contributed by atoms with Gasteiger partial charge in [-0.25, -0.2) is 0 Å². The van der Waals surface area contributed by atoms with Gasteiger partial charge in [-0.15, -0.1) is 0 Å². The minimum absolute atomic E-state index is 0.586. The highest BCUT2D eigenvalue weighted by atomic mass is 16.5. The van der Waals surface area contributed by atoms with E-state index in [-0.39, 0.29) is 0 Å². The van der Waals surface area contributed by atoms with Gasteiger partial charge in [-0.3, -0.25) is 4.98 Å². The van der Waals surface area contributed by atoms with Gasteiger partial charge in [0.1, 0.15) is 5.75 Å². The van der Waals surface area contributed by atoms with Crippen molar-refractivity contribution in [3.05, 3.63) is 42.1 Å². The Morgan fingerprint density at radius 3 is 2.78 bits per heavy atom. The van der Waals surface area contributed by atoms with Crippen molar-refractivity contribution in [3.8, 4) is 23.1 Å². The van der Waals surface area contributed by atoms with E-state index in [0.29, 0.717) is 11.3 Å². The zero-order valence-corrected chi connectivity index (χ0v) is 10.3. The number of nitrogens with zero attached hydrogens (tertiary/aromatic N) is 2. The second kappa shape index (κ2) is 5.19. The van der Waals surface area contributed by atoms with Crippen LogP contribution in [0.5, 0.6) is 5.75 Å². The molecule has 0 aliphatic rings. The summed E-state index contributed by atoms with van der Waals surface area (Å²) >= 11 is 0. The van der Waals surface area contributed by atoms with E-state index in [2.05, 4.69) is 16.4 Å². The Labute approximate surface area is 106 Å². The summed E-state index contributed by atoms with van der Waals surface area (Å²) in [5.41, 5.74) is 3.14. The van der Waals surface area contributed by atoms with E-state index in [1.54, 1.807) is 31.5 Å². The summed E-state index contributed by atoms with van der Waals surface area (Å²) in [5, 5.41) is 12.0. The van der Waals surface area contributed by atoms with Crippen molar-refractivity contribution in [2.45, 2.75) is 0 Å². The van der Waals surface area contributed by atoms with Gasteiger partial charge in [-0.1, -0.05) is 0 Å². The number of hydrogen-bond acceptors (Lipinski definition) is 4. The summed E-state index contributed by atoms with van der Waals surface area (Å²) in [6, 6.07) is 11.2. The number of pyridine rings is 1. The normalized spacial score (nSPS) is 9.61. The van der Waals surface area contributed by atoms with Crippen LogP contribution in [0.3, 0.4) is 0 Å². The number of rotatable bonds is 3. The van der Waals surface area contributed by atoms with Crippen molar-refractivity contribution in [2.75, 3.05) is 19.5 Å². The fourth-order valence-corrected chi connectivity index (χ4v) is 1.71. The van der Waals surface area contributed by atoms with Gasteiger partial charge in [-0.05, 0) is 30.3 Å². The summed E-state index contributed by atoms with van der Waals surface area (Å²) in [5.74, 6) is 0.703. The van der Waals surface area contributed by atoms with Crippen LogP contribution in [-0.4, -0.2) is 19.1 Å². The zero-order valence-electron chi connectivity index (χ0n) is 10.3. The van der Waals surface area contributed by atoms with Crippen LogP contribution in [0.15, 0.2) is 36.5 Å². The van der Waals surface area contributed by atoms with Crippen LogP contribution in [0.2, 0.25) is 0 Å². The molecule has 1 aromatic carbocycles. The average Bonchev–Trinajstić information content (AvgIpc) is 2.46. The third kappa shape index (κ3) is 2.25. The molecule has 2 aromatic rings. The van der Waals surface area contributed by atoms with E-state index < -0.39 is 0 Å². The van der Waals surface area contributed by atoms with Gasteiger partial charge in [0.25, 0.3) is 0 Å². The first-order chi connectivity index (χ1) is 8.78. The molecule has 0 saturated heterocycles. The van der Waals surface area contributed by atoms with Crippen molar-refractivity contribution < 1.29 is 4.74 Å². The smallest absolute Gasteiger partial charge is 0.128 e. The van der Waals surface area contributed by atoms with Gasteiger partial charge in [0.15, 0.2) is 0 Å². The Hall–Kier alpha value is -2.54. The van der Waals surface area contributed by atoms with E-state index in [1.807, 2.05) is 19.2 Å². The Morgan fingerprint density at radius 1 is 1.28 bits per heavy atom. The number of nitrogens with one attached hydrogen (secondary N) is 1. The molecule has 0 saturated carbocycles. The average molecular weight is 239 g/mol. The molecular weight excluding hydrogens is 226 g/mol. The third-order valence-corrected chi connectivity index (χ3v) is 2.65. The summed E-state index contributed by atoms with van der Waals surface area (Å²) < 4.78 is 5.30. The van der Waals surface area contributed by atoms with E-state index >= 15 is 0 Å². The van der Waals surface area contributed by atoms with Gasteiger partial charge in [0, 0.05) is 24.5 Å². The van der Waals surface area contributed by atoms with Crippen LogP contribution in [-0.2, 0) is 0 Å². The SMILES string of the molecule is CNc1ccnc(-c2cc(C#N)ccc2OC)c1. The maximum Gasteiger partial charge on any atom is 0.128 e. The highest BCUT2D eigenvalue weighted by molar-refractivity contribution is 5.71. The lowest BCUT2D eigenvalue weighted by Gasteiger charge is -2.09. The lowest BCUT2D eigenvalue weighted by molar-refractivity contribution is 0.416. The molecule has 0 amide bonds.